The summed E-state index contributed by atoms with van der Waals surface area (Å²) in [5, 5.41) is 0. The van der Waals surface area contributed by atoms with Gasteiger partial charge in [0.1, 0.15) is 5.75 Å². The Morgan fingerprint density at radius 3 is 2.06 bits per heavy atom. The van der Waals surface area contributed by atoms with Crippen LogP contribution in [0.15, 0.2) is 54.6 Å². The highest BCUT2D eigenvalue weighted by Crippen LogP contribution is 2.34. The van der Waals surface area contributed by atoms with Crippen molar-refractivity contribution in [2.45, 2.75) is 93.0 Å². The third-order valence-electron chi connectivity index (χ3n) is 6.71. The molecular formula is C31H42N2O. The van der Waals surface area contributed by atoms with Crippen molar-refractivity contribution < 1.29 is 4.74 Å². The summed E-state index contributed by atoms with van der Waals surface area (Å²) in [5.41, 5.74) is 8.59. The molecule has 182 valence electrons. The number of hydrogen-bond donors (Lipinski definition) is 0. The van der Waals surface area contributed by atoms with Crippen LogP contribution in [0.4, 0.5) is 0 Å². The lowest BCUT2D eigenvalue weighted by atomic mass is 9.94. The highest BCUT2D eigenvalue weighted by atomic mass is 16.5. The number of rotatable bonds is 11. The first-order chi connectivity index (χ1) is 16.4. The van der Waals surface area contributed by atoms with Crippen molar-refractivity contribution >= 4 is 0 Å². The smallest absolute Gasteiger partial charge is 0.128 e. The zero-order valence-corrected chi connectivity index (χ0v) is 22.2. The van der Waals surface area contributed by atoms with E-state index in [0.717, 1.165) is 49.5 Å². The Labute approximate surface area is 207 Å². The number of aromatic nitrogens is 1. The molecule has 0 N–H and O–H groups in total. The van der Waals surface area contributed by atoms with Gasteiger partial charge in [-0.05, 0) is 63.6 Å². The Balaban J connectivity index is 2.07. The van der Waals surface area contributed by atoms with Gasteiger partial charge in [-0.2, -0.15) is 0 Å². The van der Waals surface area contributed by atoms with Gasteiger partial charge in [0, 0.05) is 42.0 Å². The van der Waals surface area contributed by atoms with E-state index >= 15 is 0 Å². The second kappa shape index (κ2) is 12.2. The SMILES string of the molecule is CCc1cccc(CC)c1-c1cc(OC(C)C)c(CN(Cc2ccccc2)C(C)CC)c(C)n1. The standard InChI is InChI=1S/C31H42N2O/c1-8-23(6)33(20-25-15-12-11-13-16-25)21-28-24(7)32-29(19-30(28)34-22(4)5)31-26(9-2)17-14-18-27(31)10-3/h11-19,22-23H,8-10,20-21H2,1-7H3. The molecule has 0 bridgehead atoms. The van der Waals surface area contributed by atoms with Gasteiger partial charge < -0.3 is 4.74 Å². The zero-order chi connectivity index (χ0) is 24.7. The molecular weight excluding hydrogens is 416 g/mol. The van der Waals surface area contributed by atoms with Gasteiger partial charge in [-0.1, -0.05) is 69.3 Å². The normalized spacial score (nSPS) is 12.4. The molecule has 0 spiro atoms. The summed E-state index contributed by atoms with van der Waals surface area (Å²) in [6.07, 6.45) is 3.18. The fourth-order valence-electron chi connectivity index (χ4n) is 4.57. The van der Waals surface area contributed by atoms with Gasteiger partial charge in [0.2, 0.25) is 0 Å². The van der Waals surface area contributed by atoms with Crippen molar-refractivity contribution in [1.29, 1.82) is 0 Å². The lowest BCUT2D eigenvalue weighted by molar-refractivity contribution is 0.178. The van der Waals surface area contributed by atoms with E-state index in [2.05, 4.69) is 108 Å². The van der Waals surface area contributed by atoms with Crippen LogP contribution in [0.3, 0.4) is 0 Å². The number of benzene rings is 2. The quantitative estimate of drug-likeness (QED) is 0.293. The van der Waals surface area contributed by atoms with Crippen LogP contribution in [0, 0.1) is 6.92 Å². The summed E-state index contributed by atoms with van der Waals surface area (Å²) in [4.78, 5) is 7.71. The maximum atomic E-state index is 6.43. The average Bonchev–Trinajstić information content (AvgIpc) is 2.84. The van der Waals surface area contributed by atoms with Crippen molar-refractivity contribution in [2.24, 2.45) is 0 Å². The van der Waals surface area contributed by atoms with E-state index < -0.39 is 0 Å². The maximum absolute atomic E-state index is 6.43. The monoisotopic (exact) mass is 458 g/mol. The number of nitrogens with zero attached hydrogens (tertiary/aromatic N) is 2. The summed E-state index contributed by atoms with van der Waals surface area (Å²) in [6.45, 7) is 17.1. The van der Waals surface area contributed by atoms with Crippen LogP contribution in [0.1, 0.15) is 75.9 Å². The molecule has 0 radical (unpaired) electrons. The Morgan fingerprint density at radius 1 is 0.853 bits per heavy atom. The highest BCUT2D eigenvalue weighted by molar-refractivity contribution is 5.70. The van der Waals surface area contributed by atoms with Crippen molar-refractivity contribution in [3.05, 3.63) is 82.5 Å². The summed E-state index contributed by atoms with van der Waals surface area (Å²) in [5.74, 6) is 0.965. The van der Waals surface area contributed by atoms with E-state index in [-0.39, 0.29) is 6.10 Å². The predicted molar refractivity (Wildman–Crippen MR) is 144 cm³/mol. The molecule has 1 unspecified atom stereocenters. The van der Waals surface area contributed by atoms with Crippen LogP contribution in [-0.4, -0.2) is 22.0 Å². The van der Waals surface area contributed by atoms with Gasteiger partial charge in [-0.3, -0.25) is 9.88 Å². The van der Waals surface area contributed by atoms with Gasteiger partial charge >= 0.3 is 0 Å². The van der Waals surface area contributed by atoms with E-state index in [1.807, 2.05) is 0 Å². The van der Waals surface area contributed by atoms with Crippen LogP contribution in [0.25, 0.3) is 11.3 Å². The number of pyridine rings is 1. The van der Waals surface area contributed by atoms with Crippen LogP contribution in [-0.2, 0) is 25.9 Å². The molecule has 3 heteroatoms. The minimum atomic E-state index is 0.103. The number of hydrogen-bond acceptors (Lipinski definition) is 3. The topological polar surface area (TPSA) is 25.4 Å². The van der Waals surface area contributed by atoms with E-state index in [1.165, 1.54) is 27.8 Å². The molecule has 0 aliphatic carbocycles. The van der Waals surface area contributed by atoms with E-state index in [0.29, 0.717) is 6.04 Å². The van der Waals surface area contributed by atoms with Crippen molar-refractivity contribution in [2.75, 3.05) is 0 Å². The fourth-order valence-corrected chi connectivity index (χ4v) is 4.57. The van der Waals surface area contributed by atoms with E-state index in [4.69, 9.17) is 9.72 Å². The largest absolute Gasteiger partial charge is 0.491 e. The Kier molecular flexibility index (Phi) is 9.29. The van der Waals surface area contributed by atoms with Gasteiger partial charge in [0.25, 0.3) is 0 Å². The first-order valence-corrected chi connectivity index (χ1v) is 12.9. The molecule has 3 rings (SSSR count). The Morgan fingerprint density at radius 2 is 1.50 bits per heavy atom. The molecule has 34 heavy (non-hydrogen) atoms. The number of ether oxygens (including phenoxy) is 1. The van der Waals surface area contributed by atoms with Gasteiger partial charge in [-0.15, -0.1) is 0 Å². The molecule has 0 aliphatic rings. The molecule has 0 fully saturated rings. The maximum Gasteiger partial charge on any atom is 0.128 e. The molecule has 2 aromatic carbocycles. The van der Waals surface area contributed by atoms with E-state index in [9.17, 15) is 0 Å². The molecule has 0 saturated heterocycles. The van der Waals surface area contributed by atoms with Crippen molar-refractivity contribution in [3.8, 4) is 17.0 Å². The molecule has 3 aromatic rings. The first-order valence-electron chi connectivity index (χ1n) is 12.9. The van der Waals surface area contributed by atoms with Crippen molar-refractivity contribution in [3.63, 3.8) is 0 Å². The molecule has 1 aromatic heterocycles. The van der Waals surface area contributed by atoms with Gasteiger partial charge in [0.05, 0.1) is 11.8 Å². The minimum absolute atomic E-state index is 0.103. The fraction of sp³-hybridized carbons (Fsp3) is 0.452. The Hall–Kier alpha value is -2.65. The summed E-state index contributed by atoms with van der Waals surface area (Å²) >= 11 is 0. The van der Waals surface area contributed by atoms with Gasteiger partial charge in [0.15, 0.2) is 0 Å². The molecule has 0 aliphatic heterocycles. The highest BCUT2D eigenvalue weighted by Gasteiger charge is 2.21. The number of aryl methyl sites for hydroxylation is 3. The van der Waals surface area contributed by atoms with E-state index in [1.54, 1.807) is 0 Å². The summed E-state index contributed by atoms with van der Waals surface area (Å²) in [7, 11) is 0. The molecule has 0 amide bonds. The molecule has 3 nitrogen and oxygen atoms in total. The average molecular weight is 459 g/mol. The lowest BCUT2D eigenvalue weighted by Crippen LogP contribution is -2.32. The Bertz CT molecular complexity index is 1040. The zero-order valence-electron chi connectivity index (χ0n) is 22.2. The second-order valence-corrected chi connectivity index (χ2v) is 9.54. The predicted octanol–water partition coefficient (Wildman–Crippen LogP) is 7.77. The summed E-state index contributed by atoms with van der Waals surface area (Å²) < 4.78 is 6.43. The molecule has 0 saturated carbocycles. The minimum Gasteiger partial charge on any atom is -0.491 e. The van der Waals surface area contributed by atoms with Crippen LogP contribution in [0.2, 0.25) is 0 Å². The van der Waals surface area contributed by atoms with Crippen LogP contribution < -0.4 is 4.74 Å². The third-order valence-corrected chi connectivity index (χ3v) is 6.71. The van der Waals surface area contributed by atoms with Crippen LogP contribution >= 0.6 is 0 Å². The second-order valence-electron chi connectivity index (χ2n) is 9.54. The molecule has 1 heterocycles. The lowest BCUT2D eigenvalue weighted by Gasteiger charge is -2.30. The van der Waals surface area contributed by atoms with Crippen molar-refractivity contribution in [1.82, 2.24) is 9.88 Å². The third kappa shape index (κ3) is 6.27. The summed E-state index contributed by atoms with van der Waals surface area (Å²) in [6, 6.07) is 20.0. The molecule has 1 atom stereocenters. The first kappa shape index (κ1) is 26.0. The van der Waals surface area contributed by atoms with Gasteiger partial charge in [-0.25, -0.2) is 0 Å². The van der Waals surface area contributed by atoms with Crippen LogP contribution in [0.5, 0.6) is 5.75 Å².